The van der Waals surface area contributed by atoms with E-state index in [4.69, 9.17) is 0 Å². The van der Waals surface area contributed by atoms with Crippen molar-refractivity contribution in [1.29, 1.82) is 0 Å². The van der Waals surface area contributed by atoms with E-state index in [1.54, 1.807) is 0 Å². The molecule has 1 radical (unpaired) electrons. The molecule has 0 bridgehead atoms. The Labute approximate surface area is 161 Å². The third-order valence-corrected chi connectivity index (χ3v) is 3.35. The van der Waals surface area contributed by atoms with Crippen molar-refractivity contribution in [3.63, 3.8) is 0 Å². The van der Waals surface area contributed by atoms with Gasteiger partial charge in [0.25, 0.3) is 0 Å². The van der Waals surface area contributed by atoms with Crippen molar-refractivity contribution in [3.8, 4) is 0 Å². The van der Waals surface area contributed by atoms with Crippen molar-refractivity contribution in [2.24, 2.45) is 0 Å². The third-order valence-electron chi connectivity index (χ3n) is 3.35. The Morgan fingerprint density at radius 1 is 0.500 bits per heavy atom. The van der Waals surface area contributed by atoms with Gasteiger partial charge in [-0.25, -0.2) is 0 Å². The zero-order valence-corrected chi connectivity index (χ0v) is 11.6. The number of unbranched alkanes of at least 4 members (excludes halogenated alkanes) is 13. The summed E-state index contributed by atoms with van der Waals surface area (Å²) in [5.74, 6) is 0. The molecular weight excluding hydrogens is 238 g/mol. The molecule has 0 atom stereocenters. The van der Waals surface area contributed by atoms with Gasteiger partial charge in [0.2, 0.25) is 0 Å². The van der Waals surface area contributed by atoms with Crippen LogP contribution in [0.1, 0.15) is 96.8 Å². The summed E-state index contributed by atoms with van der Waals surface area (Å²) in [4.78, 5) is 0. The van der Waals surface area contributed by atoms with Crippen molar-refractivity contribution in [1.82, 2.24) is 0 Å². The average Bonchev–Trinajstić information content (AvgIpc) is 2.31. The van der Waals surface area contributed by atoms with Crippen molar-refractivity contribution in [2.45, 2.75) is 96.8 Å². The molecule has 0 aliphatic carbocycles. The third kappa shape index (κ3) is 23.1. The molecule has 0 aliphatic rings. The summed E-state index contributed by atoms with van der Waals surface area (Å²) in [7, 11) is 0. The summed E-state index contributed by atoms with van der Waals surface area (Å²) in [5.41, 5.74) is 0. The summed E-state index contributed by atoms with van der Waals surface area (Å²) in [6.07, 6.45) is 19.8. The Balaban J connectivity index is -0.00000112. The Hall–Kier alpha value is 2.00. The second kappa shape index (κ2) is 24.0. The molecule has 0 aromatic rings. The predicted octanol–water partition coefficient (Wildman–Crippen LogP) is 5.00. The van der Waals surface area contributed by atoms with Gasteiger partial charge in [-0.2, -0.15) is 0 Å². The summed E-state index contributed by atoms with van der Waals surface area (Å²) in [6.45, 7) is 6.16. The average molecular weight is 273 g/mol. The minimum absolute atomic E-state index is 0. The van der Waals surface area contributed by atoms with Crippen LogP contribution in [0.4, 0.5) is 0 Å². The molecule has 0 rings (SSSR count). The van der Waals surface area contributed by atoms with Crippen LogP contribution in [0.2, 0.25) is 0 Å². The van der Waals surface area contributed by atoms with Gasteiger partial charge in [0.05, 0.1) is 0 Å². The minimum atomic E-state index is 0. The van der Waals surface area contributed by atoms with Crippen molar-refractivity contribution < 1.29 is 0 Å². The van der Waals surface area contributed by atoms with Crippen LogP contribution in [0.3, 0.4) is 0 Å². The monoisotopic (exact) mass is 273 g/mol. The first kappa shape index (κ1) is 25.0. The second-order valence-electron chi connectivity index (χ2n) is 5.10. The Bertz CT molecular complexity index is 102. The van der Waals surface area contributed by atoms with E-state index < -0.39 is 0 Å². The van der Waals surface area contributed by atoms with Crippen LogP contribution in [0, 0.1) is 6.92 Å². The van der Waals surface area contributed by atoms with E-state index in [0.29, 0.717) is 0 Å². The van der Waals surface area contributed by atoms with Gasteiger partial charge >= 0.3 is 59.1 Å². The molecule has 0 fully saturated rings. The van der Waals surface area contributed by atoms with Crippen molar-refractivity contribution in [3.05, 3.63) is 6.92 Å². The molecular formula is C16H35Na2. The Morgan fingerprint density at radius 3 is 1.06 bits per heavy atom. The van der Waals surface area contributed by atoms with Gasteiger partial charge in [0.1, 0.15) is 0 Å². The SMILES string of the molecule is [CH2]CCCCCCCCCCCCCCC.[NaH].[NaH]. The summed E-state index contributed by atoms with van der Waals surface area (Å²) < 4.78 is 0. The summed E-state index contributed by atoms with van der Waals surface area (Å²) >= 11 is 0. The Morgan fingerprint density at radius 2 is 0.778 bits per heavy atom. The molecule has 0 unspecified atom stereocenters. The maximum absolute atomic E-state index is 3.87. The standard InChI is InChI=1S/C16H33.2Na.2H/c1-3-5-7-9-11-13-15-16-14-12-10-8-6-4-2;;;;/h1,3-16H2,2H3;;;;. The first-order valence-electron chi connectivity index (χ1n) is 7.71. The molecule has 0 nitrogen and oxygen atoms in total. The van der Waals surface area contributed by atoms with Crippen LogP contribution < -0.4 is 0 Å². The van der Waals surface area contributed by atoms with Crippen molar-refractivity contribution >= 4 is 59.1 Å². The van der Waals surface area contributed by atoms with Gasteiger partial charge in [-0.1, -0.05) is 104 Å². The molecule has 0 heterocycles. The first-order valence-corrected chi connectivity index (χ1v) is 7.71. The van der Waals surface area contributed by atoms with Crippen LogP contribution in [0.15, 0.2) is 0 Å². The van der Waals surface area contributed by atoms with E-state index in [1.807, 2.05) is 0 Å². The fourth-order valence-electron chi connectivity index (χ4n) is 2.19. The molecule has 0 aromatic carbocycles. The summed E-state index contributed by atoms with van der Waals surface area (Å²) in [6, 6.07) is 0. The number of rotatable bonds is 13. The molecule has 0 saturated carbocycles. The van der Waals surface area contributed by atoms with Gasteiger partial charge in [0, 0.05) is 0 Å². The molecule has 0 aliphatic heterocycles. The van der Waals surface area contributed by atoms with Crippen molar-refractivity contribution in [2.75, 3.05) is 0 Å². The van der Waals surface area contributed by atoms with Crippen LogP contribution in [0.5, 0.6) is 0 Å². The fourth-order valence-corrected chi connectivity index (χ4v) is 2.19. The van der Waals surface area contributed by atoms with E-state index in [0.717, 1.165) is 6.42 Å². The molecule has 0 amide bonds. The van der Waals surface area contributed by atoms with E-state index in [1.165, 1.54) is 83.5 Å². The molecule has 101 valence electrons. The van der Waals surface area contributed by atoms with Gasteiger partial charge in [-0.3, -0.25) is 0 Å². The zero-order valence-electron chi connectivity index (χ0n) is 11.6. The van der Waals surface area contributed by atoms with Crippen LogP contribution in [-0.4, -0.2) is 59.1 Å². The molecule has 0 N–H and O–H groups in total. The van der Waals surface area contributed by atoms with Gasteiger partial charge in [-0.15, -0.1) is 0 Å². The van der Waals surface area contributed by atoms with Gasteiger partial charge in [-0.05, 0) is 0 Å². The molecule has 2 heteroatoms. The van der Waals surface area contributed by atoms with E-state index in [9.17, 15) is 0 Å². The number of hydrogen-bond acceptors (Lipinski definition) is 0. The molecule has 18 heavy (non-hydrogen) atoms. The van der Waals surface area contributed by atoms with E-state index in [-0.39, 0.29) is 59.1 Å². The molecule has 0 aromatic heterocycles. The van der Waals surface area contributed by atoms with Gasteiger partial charge in [0.15, 0.2) is 0 Å². The molecule has 0 spiro atoms. The topological polar surface area (TPSA) is 0 Å². The number of hydrogen-bond donors (Lipinski definition) is 0. The van der Waals surface area contributed by atoms with E-state index in [2.05, 4.69) is 13.8 Å². The summed E-state index contributed by atoms with van der Waals surface area (Å²) in [5, 5.41) is 0. The quantitative estimate of drug-likeness (QED) is 0.327. The predicted molar refractivity (Wildman–Crippen MR) is 90.0 cm³/mol. The normalized spacial score (nSPS) is 9.67. The second-order valence-corrected chi connectivity index (χ2v) is 5.10. The maximum atomic E-state index is 3.87. The van der Waals surface area contributed by atoms with E-state index >= 15 is 0 Å². The molecule has 0 saturated heterocycles. The van der Waals surface area contributed by atoms with Crippen LogP contribution in [0.25, 0.3) is 0 Å². The zero-order chi connectivity index (χ0) is 11.9. The first-order chi connectivity index (χ1) is 7.91. The van der Waals surface area contributed by atoms with Crippen LogP contribution in [-0.2, 0) is 0 Å². The Kier molecular flexibility index (Phi) is 33.4. The fraction of sp³-hybridized carbons (Fsp3) is 0.938. The van der Waals surface area contributed by atoms with Crippen LogP contribution >= 0.6 is 0 Å². The van der Waals surface area contributed by atoms with Gasteiger partial charge < -0.3 is 0 Å².